The first-order chi connectivity index (χ1) is 6.64. The van der Waals surface area contributed by atoms with E-state index < -0.39 is 11.5 Å². The second-order valence-corrected chi connectivity index (χ2v) is 4.33. The highest BCUT2D eigenvalue weighted by atomic mass is 16.4. The van der Waals surface area contributed by atoms with E-state index in [1.165, 1.54) is 0 Å². The van der Waals surface area contributed by atoms with Gasteiger partial charge in [0.2, 0.25) is 0 Å². The lowest BCUT2D eigenvalue weighted by Gasteiger charge is -2.25. The highest BCUT2D eigenvalue weighted by Crippen LogP contribution is 2.36. The summed E-state index contributed by atoms with van der Waals surface area (Å²) in [7, 11) is 0. The van der Waals surface area contributed by atoms with Crippen molar-refractivity contribution in [3.05, 3.63) is 0 Å². The summed E-state index contributed by atoms with van der Waals surface area (Å²) >= 11 is 0. The summed E-state index contributed by atoms with van der Waals surface area (Å²) in [5, 5.41) is 12.5. The molecule has 1 fully saturated rings. The molecule has 0 spiro atoms. The molecule has 3 heteroatoms. The van der Waals surface area contributed by atoms with Gasteiger partial charge in [0.1, 0.15) is 5.54 Å². The first kappa shape index (κ1) is 11.5. The Morgan fingerprint density at radius 2 is 2.29 bits per heavy atom. The predicted octanol–water partition coefficient (Wildman–Crippen LogP) is 2.02. The molecule has 1 aliphatic carbocycles. The maximum Gasteiger partial charge on any atom is 0.323 e. The minimum Gasteiger partial charge on any atom is -0.480 e. The standard InChI is InChI=1S/C11H21NO2/c1-3-7-12-11(10(13)14)6-5-9(4-2)8-11/h9,12H,3-8H2,1-2H3,(H,13,14). The highest BCUT2D eigenvalue weighted by molar-refractivity contribution is 5.79. The summed E-state index contributed by atoms with van der Waals surface area (Å²) in [6.07, 6.45) is 4.74. The van der Waals surface area contributed by atoms with Gasteiger partial charge in [0, 0.05) is 0 Å². The Kier molecular flexibility index (Phi) is 3.93. The van der Waals surface area contributed by atoms with Crippen LogP contribution in [0.1, 0.15) is 46.0 Å². The van der Waals surface area contributed by atoms with E-state index in [0.717, 1.165) is 38.6 Å². The lowest BCUT2D eigenvalue weighted by Crippen LogP contribution is -2.50. The van der Waals surface area contributed by atoms with Crippen LogP contribution in [0, 0.1) is 5.92 Å². The number of carboxylic acids is 1. The SMILES string of the molecule is CCCNC1(C(=O)O)CCC(CC)C1. The summed E-state index contributed by atoms with van der Waals surface area (Å²) in [5.41, 5.74) is -0.614. The van der Waals surface area contributed by atoms with Crippen molar-refractivity contribution in [2.75, 3.05) is 6.54 Å². The first-order valence-electron chi connectivity index (χ1n) is 5.63. The fourth-order valence-electron chi connectivity index (χ4n) is 2.29. The molecule has 3 nitrogen and oxygen atoms in total. The molecule has 0 amide bonds. The fourth-order valence-corrected chi connectivity index (χ4v) is 2.29. The zero-order chi connectivity index (χ0) is 10.6. The number of nitrogens with one attached hydrogen (secondary N) is 1. The van der Waals surface area contributed by atoms with Gasteiger partial charge in [-0.1, -0.05) is 20.3 Å². The molecule has 0 aromatic carbocycles. The van der Waals surface area contributed by atoms with Crippen molar-refractivity contribution in [1.29, 1.82) is 0 Å². The molecule has 1 aliphatic rings. The third-order valence-electron chi connectivity index (χ3n) is 3.32. The molecule has 0 aromatic heterocycles. The van der Waals surface area contributed by atoms with E-state index >= 15 is 0 Å². The monoisotopic (exact) mass is 199 g/mol. The van der Waals surface area contributed by atoms with E-state index in [2.05, 4.69) is 19.2 Å². The van der Waals surface area contributed by atoms with Crippen LogP contribution < -0.4 is 5.32 Å². The van der Waals surface area contributed by atoms with Crippen LogP contribution in [0.3, 0.4) is 0 Å². The van der Waals surface area contributed by atoms with Crippen LogP contribution in [0.5, 0.6) is 0 Å². The molecule has 2 atom stereocenters. The first-order valence-corrected chi connectivity index (χ1v) is 5.63. The van der Waals surface area contributed by atoms with Gasteiger partial charge in [-0.3, -0.25) is 4.79 Å². The highest BCUT2D eigenvalue weighted by Gasteiger charge is 2.44. The number of hydrogen-bond acceptors (Lipinski definition) is 2. The predicted molar refractivity (Wildman–Crippen MR) is 56.3 cm³/mol. The molecule has 1 rings (SSSR count). The average molecular weight is 199 g/mol. The number of carbonyl (C=O) groups is 1. The van der Waals surface area contributed by atoms with E-state index in [9.17, 15) is 9.90 Å². The summed E-state index contributed by atoms with van der Waals surface area (Å²) in [6, 6.07) is 0. The van der Waals surface area contributed by atoms with Crippen LogP contribution in [0.4, 0.5) is 0 Å². The Balaban J connectivity index is 2.60. The third-order valence-corrected chi connectivity index (χ3v) is 3.32. The lowest BCUT2D eigenvalue weighted by molar-refractivity contribution is -0.144. The van der Waals surface area contributed by atoms with E-state index in [1.54, 1.807) is 0 Å². The van der Waals surface area contributed by atoms with Crippen LogP contribution in [0.2, 0.25) is 0 Å². The van der Waals surface area contributed by atoms with E-state index in [1.807, 2.05) is 0 Å². The molecular formula is C11H21NO2. The van der Waals surface area contributed by atoms with Gasteiger partial charge in [-0.2, -0.15) is 0 Å². The van der Waals surface area contributed by atoms with Gasteiger partial charge in [-0.25, -0.2) is 0 Å². The lowest BCUT2D eigenvalue weighted by atomic mass is 9.95. The number of aliphatic carboxylic acids is 1. The zero-order valence-corrected chi connectivity index (χ0v) is 9.18. The molecule has 2 N–H and O–H groups in total. The van der Waals surface area contributed by atoms with Gasteiger partial charge >= 0.3 is 5.97 Å². The Morgan fingerprint density at radius 1 is 1.57 bits per heavy atom. The molecule has 1 saturated carbocycles. The van der Waals surface area contributed by atoms with Crippen molar-refractivity contribution in [3.8, 4) is 0 Å². The van der Waals surface area contributed by atoms with Gasteiger partial charge in [0.15, 0.2) is 0 Å². The van der Waals surface area contributed by atoms with Crippen LogP contribution in [-0.4, -0.2) is 23.2 Å². The molecule has 0 aromatic rings. The quantitative estimate of drug-likeness (QED) is 0.712. The topological polar surface area (TPSA) is 49.3 Å². The van der Waals surface area contributed by atoms with Crippen molar-refractivity contribution in [3.63, 3.8) is 0 Å². The molecule has 2 unspecified atom stereocenters. The average Bonchev–Trinajstić information content (AvgIpc) is 2.59. The summed E-state index contributed by atoms with van der Waals surface area (Å²) in [5.74, 6) is -0.0719. The number of carboxylic acid groups (broad SMARTS) is 1. The van der Waals surface area contributed by atoms with E-state index in [4.69, 9.17) is 0 Å². The van der Waals surface area contributed by atoms with Gasteiger partial charge in [-0.05, 0) is 38.1 Å². The maximum atomic E-state index is 11.2. The normalized spacial score (nSPS) is 32.0. The van der Waals surface area contributed by atoms with Crippen LogP contribution in [0.25, 0.3) is 0 Å². The Morgan fingerprint density at radius 3 is 2.71 bits per heavy atom. The molecule has 0 heterocycles. The van der Waals surface area contributed by atoms with Crippen molar-refractivity contribution in [2.24, 2.45) is 5.92 Å². The third kappa shape index (κ3) is 2.27. The van der Waals surface area contributed by atoms with Crippen molar-refractivity contribution < 1.29 is 9.90 Å². The molecule has 82 valence electrons. The second-order valence-electron chi connectivity index (χ2n) is 4.33. The second kappa shape index (κ2) is 4.78. The molecule has 0 radical (unpaired) electrons. The van der Waals surface area contributed by atoms with E-state index in [0.29, 0.717) is 5.92 Å². The summed E-state index contributed by atoms with van der Waals surface area (Å²) < 4.78 is 0. The van der Waals surface area contributed by atoms with Gasteiger partial charge < -0.3 is 10.4 Å². The van der Waals surface area contributed by atoms with Crippen molar-refractivity contribution >= 4 is 5.97 Å². The smallest absolute Gasteiger partial charge is 0.323 e. The number of rotatable bonds is 5. The molecule has 0 bridgehead atoms. The Bertz CT molecular complexity index is 205. The van der Waals surface area contributed by atoms with Crippen LogP contribution in [0.15, 0.2) is 0 Å². The van der Waals surface area contributed by atoms with Crippen molar-refractivity contribution in [1.82, 2.24) is 5.32 Å². The minimum absolute atomic E-state index is 0.593. The van der Waals surface area contributed by atoms with Gasteiger partial charge in [-0.15, -0.1) is 0 Å². The Labute approximate surface area is 85.9 Å². The Hall–Kier alpha value is -0.570. The largest absolute Gasteiger partial charge is 0.480 e. The zero-order valence-electron chi connectivity index (χ0n) is 9.18. The van der Waals surface area contributed by atoms with Crippen molar-refractivity contribution in [2.45, 2.75) is 51.5 Å². The number of hydrogen-bond donors (Lipinski definition) is 2. The minimum atomic E-state index is -0.665. The molecule has 0 aliphatic heterocycles. The van der Waals surface area contributed by atoms with Gasteiger partial charge in [0.25, 0.3) is 0 Å². The molecule has 0 saturated heterocycles. The van der Waals surface area contributed by atoms with E-state index in [-0.39, 0.29) is 0 Å². The van der Waals surface area contributed by atoms with Crippen LogP contribution >= 0.6 is 0 Å². The summed E-state index contributed by atoms with van der Waals surface area (Å²) in [4.78, 5) is 11.2. The fraction of sp³-hybridized carbons (Fsp3) is 0.909. The summed E-state index contributed by atoms with van der Waals surface area (Å²) in [6.45, 7) is 5.01. The molecule has 14 heavy (non-hydrogen) atoms. The van der Waals surface area contributed by atoms with Crippen LogP contribution in [-0.2, 0) is 4.79 Å². The maximum absolute atomic E-state index is 11.2. The van der Waals surface area contributed by atoms with Gasteiger partial charge in [0.05, 0.1) is 0 Å². The molecular weight excluding hydrogens is 178 g/mol.